The van der Waals surface area contributed by atoms with Crippen LogP contribution in [0.1, 0.15) is 39.0 Å². The van der Waals surface area contributed by atoms with Crippen molar-refractivity contribution in [2.75, 3.05) is 45.6 Å². The van der Waals surface area contributed by atoms with Crippen molar-refractivity contribution in [3.63, 3.8) is 0 Å². The zero-order valence-electron chi connectivity index (χ0n) is 13.4. The maximum Gasteiger partial charge on any atom is 0.211 e. The molecule has 2 aliphatic rings. The first-order valence-electron chi connectivity index (χ1n) is 8.17. The van der Waals surface area contributed by atoms with Gasteiger partial charge in [-0.3, -0.25) is 0 Å². The molecule has 1 N–H and O–H groups in total. The lowest BCUT2D eigenvalue weighted by Gasteiger charge is -2.42. The number of aliphatic hydroxyl groups excluding tert-OH is 1. The van der Waals surface area contributed by atoms with Crippen molar-refractivity contribution in [1.82, 2.24) is 9.21 Å². The summed E-state index contributed by atoms with van der Waals surface area (Å²) >= 11 is 0. The van der Waals surface area contributed by atoms with Crippen LogP contribution in [0, 0.1) is 11.3 Å². The Labute approximate surface area is 129 Å². The minimum absolute atomic E-state index is 0.127. The summed E-state index contributed by atoms with van der Waals surface area (Å²) in [7, 11) is -3.04. The molecule has 0 amide bonds. The van der Waals surface area contributed by atoms with Crippen molar-refractivity contribution in [2.45, 2.75) is 39.0 Å². The van der Waals surface area contributed by atoms with Gasteiger partial charge in [-0.25, -0.2) is 12.7 Å². The topological polar surface area (TPSA) is 60.9 Å². The Balaban J connectivity index is 1.83. The molecule has 2 rings (SSSR count). The van der Waals surface area contributed by atoms with Gasteiger partial charge in [-0.15, -0.1) is 0 Å². The molecule has 1 atom stereocenters. The van der Waals surface area contributed by atoms with Gasteiger partial charge in [-0.05, 0) is 56.5 Å². The van der Waals surface area contributed by atoms with Crippen molar-refractivity contribution in [3.05, 3.63) is 0 Å². The fourth-order valence-electron chi connectivity index (χ4n) is 3.68. The molecular formula is C15H30N2O3S. The summed E-state index contributed by atoms with van der Waals surface area (Å²) in [5.74, 6) is 0.455. The summed E-state index contributed by atoms with van der Waals surface area (Å²) in [5.41, 5.74) is 0.127. The van der Waals surface area contributed by atoms with Crippen molar-refractivity contribution < 1.29 is 13.5 Å². The summed E-state index contributed by atoms with van der Waals surface area (Å²) in [6, 6.07) is 0. The summed E-state index contributed by atoms with van der Waals surface area (Å²) < 4.78 is 25.0. The van der Waals surface area contributed by atoms with Crippen LogP contribution in [0.15, 0.2) is 0 Å². The lowest BCUT2D eigenvalue weighted by Crippen LogP contribution is -2.47. The minimum Gasteiger partial charge on any atom is -0.396 e. The average Bonchev–Trinajstić information content (AvgIpc) is 2.48. The normalized spacial score (nSPS) is 28.6. The smallest absolute Gasteiger partial charge is 0.211 e. The first-order chi connectivity index (χ1) is 9.88. The van der Waals surface area contributed by atoms with Crippen LogP contribution in [0.4, 0.5) is 0 Å². The Bertz CT molecular complexity index is 424. The molecule has 2 aliphatic heterocycles. The third kappa shape index (κ3) is 4.41. The molecule has 0 aromatic heterocycles. The highest BCUT2D eigenvalue weighted by atomic mass is 32.2. The standard InChI is InChI=1S/C15H30N2O3S/c1-3-15(13-18)6-9-16(10-7-15)11-14-5-4-8-17(12-14)21(2,19)20/h14,18H,3-13H2,1-2H3. The molecule has 5 nitrogen and oxygen atoms in total. The van der Waals surface area contributed by atoms with E-state index >= 15 is 0 Å². The molecule has 1 unspecified atom stereocenters. The van der Waals surface area contributed by atoms with Crippen LogP contribution in [0.2, 0.25) is 0 Å². The van der Waals surface area contributed by atoms with Gasteiger partial charge in [0.05, 0.1) is 6.26 Å². The molecular weight excluding hydrogens is 288 g/mol. The van der Waals surface area contributed by atoms with Crippen LogP contribution in [-0.4, -0.2) is 68.3 Å². The maximum absolute atomic E-state index is 11.7. The molecule has 0 bridgehead atoms. The van der Waals surface area contributed by atoms with Crippen LogP contribution >= 0.6 is 0 Å². The number of aliphatic hydroxyl groups is 1. The van der Waals surface area contributed by atoms with Gasteiger partial charge in [0, 0.05) is 26.2 Å². The van der Waals surface area contributed by atoms with E-state index in [0.29, 0.717) is 25.6 Å². The summed E-state index contributed by atoms with van der Waals surface area (Å²) in [4.78, 5) is 2.46. The number of hydrogen-bond donors (Lipinski definition) is 1. The maximum atomic E-state index is 11.7. The van der Waals surface area contributed by atoms with Gasteiger partial charge >= 0.3 is 0 Å². The lowest BCUT2D eigenvalue weighted by molar-refractivity contribution is 0.0321. The summed E-state index contributed by atoms with van der Waals surface area (Å²) in [6.07, 6.45) is 6.57. The van der Waals surface area contributed by atoms with E-state index in [1.807, 2.05) is 0 Å². The summed E-state index contributed by atoms with van der Waals surface area (Å²) in [6.45, 7) is 6.87. The highest BCUT2D eigenvalue weighted by molar-refractivity contribution is 7.88. The SMILES string of the molecule is CCC1(CO)CCN(CC2CCCN(S(C)(=O)=O)C2)CC1. The summed E-state index contributed by atoms with van der Waals surface area (Å²) in [5, 5.41) is 9.58. The lowest BCUT2D eigenvalue weighted by atomic mass is 9.77. The number of likely N-dealkylation sites (tertiary alicyclic amines) is 1. The van der Waals surface area contributed by atoms with Crippen LogP contribution in [-0.2, 0) is 10.0 Å². The quantitative estimate of drug-likeness (QED) is 0.826. The molecule has 6 heteroatoms. The van der Waals surface area contributed by atoms with Gasteiger partial charge in [-0.1, -0.05) is 6.92 Å². The second kappa shape index (κ2) is 6.94. The third-order valence-corrected chi connectivity index (χ3v) is 6.74. The van der Waals surface area contributed by atoms with Gasteiger partial charge in [0.25, 0.3) is 0 Å². The molecule has 124 valence electrons. The van der Waals surface area contributed by atoms with Gasteiger partial charge in [-0.2, -0.15) is 0 Å². The first-order valence-corrected chi connectivity index (χ1v) is 10.0. The van der Waals surface area contributed by atoms with Crippen LogP contribution < -0.4 is 0 Å². The van der Waals surface area contributed by atoms with Crippen LogP contribution in [0.5, 0.6) is 0 Å². The fraction of sp³-hybridized carbons (Fsp3) is 1.00. The van der Waals surface area contributed by atoms with Crippen molar-refractivity contribution >= 4 is 10.0 Å². The van der Waals surface area contributed by atoms with E-state index in [1.165, 1.54) is 6.26 Å². The van der Waals surface area contributed by atoms with Crippen molar-refractivity contribution in [1.29, 1.82) is 0 Å². The molecule has 2 fully saturated rings. The average molecular weight is 318 g/mol. The molecule has 21 heavy (non-hydrogen) atoms. The monoisotopic (exact) mass is 318 g/mol. The molecule has 2 heterocycles. The zero-order valence-corrected chi connectivity index (χ0v) is 14.2. The molecule has 0 aromatic rings. The molecule has 0 saturated carbocycles. The van der Waals surface area contributed by atoms with E-state index in [4.69, 9.17) is 0 Å². The first kappa shape index (κ1) is 17.2. The second-order valence-corrected chi connectivity index (χ2v) is 8.92. The largest absolute Gasteiger partial charge is 0.396 e. The van der Waals surface area contributed by atoms with Crippen LogP contribution in [0.25, 0.3) is 0 Å². The predicted octanol–water partition coefficient (Wildman–Crippen LogP) is 1.14. The highest BCUT2D eigenvalue weighted by Crippen LogP contribution is 2.34. The molecule has 0 radical (unpaired) electrons. The number of sulfonamides is 1. The van der Waals surface area contributed by atoms with E-state index in [2.05, 4.69) is 11.8 Å². The molecule has 0 aromatic carbocycles. The van der Waals surface area contributed by atoms with E-state index in [9.17, 15) is 13.5 Å². The molecule has 0 spiro atoms. The Kier molecular flexibility index (Phi) is 5.68. The predicted molar refractivity (Wildman–Crippen MR) is 84.6 cm³/mol. The third-order valence-electron chi connectivity index (χ3n) is 5.47. The molecule has 0 aliphatic carbocycles. The highest BCUT2D eigenvalue weighted by Gasteiger charge is 2.34. The van der Waals surface area contributed by atoms with Gasteiger partial charge in [0.15, 0.2) is 0 Å². The van der Waals surface area contributed by atoms with Crippen LogP contribution in [0.3, 0.4) is 0 Å². The number of nitrogens with zero attached hydrogens (tertiary/aromatic N) is 2. The van der Waals surface area contributed by atoms with E-state index in [-0.39, 0.29) is 5.41 Å². The molecule has 2 saturated heterocycles. The Hall–Kier alpha value is -0.170. The Morgan fingerprint density at radius 1 is 1.24 bits per heavy atom. The Morgan fingerprint density at radius 2 is 1.90 bits per heavy atom. The van der Waals surface area contributed by atoms with E-state index in [0.717, 1.165) is 51.7 Å². The minimum atomic E-state index is -3.04. The van der Waals surface area contributed by atoms with Crippen molar-refractivity contribution in [2.24, 2.45) is 11.3 Å². The fourth-order valence-corrected chi connectivity index (χ4v) is 4.62. The number of rotatable bonds is 5. The second-order valence-electron chi connectivity index (χ2n) is 6.94. The number of piperidine rings is 2. The van der Waals surface area contributed by atoms with Crippen molar-refractivity contribution in [3.8, 4) is 0 Å². The van der Waals surface area contributed by atoms with Gasteiger partial charge < -0.3 is 10.0 Å². The van der Waals surface area contributed by atoms with E-state index < -0.39 is 10.0 Å². The van der Waals surface area contributed by atoms with E-state index in [1.54, 1.807) is 4.31 Å². The zero-order chi connectivity index (χ0) is 15.5. The number of hydrogen-bond acceptors (Lipinski definition) is 4. The van der Waals surface area contributed by atoms with Gasteiger partial charge in [0.1, 0.15) is 0 Å². The van der Waals surface area contributed by atoms with Gasteiger partial charge in [0.2, 0.25) is 10.0 Å². The Morgan fingerprint density at radius 3 is 2.43 bits per heavy atom.